The second-order valence-corrected chi connectivity index (χ2v) is 8.41. The van der Waals surface area contributed by atoms with Crippen molar-refractivity contribution in [3.8, 4) is 0 Å². The number of pyridine rings is 1. The third kappa shape index (κ3) is 5.14. The van der Waals surface area contributed by atoms with Crippen molar-refractivity contribution in [2.75, 3.05) is 13.1 Å². The van der Waals surface area contributed by atoms with E-state index in [1.807, 2.05) is 30.3 Å². The number of aromatic nitrogens is 1. The Morgan fingerprint density at radius 2 is 1.90 bits per heavy atom. The largest absolute Gasteiger partial charge is 0.315 e. The van der Waals surface area contributed by atoms with Gasteiger partial charge in [-0.3, -0.25) is 15.1 Å². The Balaban J connectivity index is 1.69. The molecule has 3 aromatic rings. The van der Waals surface area contributed by atoms with E-state index in [0.717, 1.165) is 6.42 Å². The molecule has 1 aromatic heterocycles. The molecular formula is C20H22N4O4S. The molecule has 2 aromatic carbocycles. The standard InChI is InChI=1S/C20H22N4O4S/c1-15(13-21-11-9-16-5-3-2-4-6-16)23-29(27,28)19-8-7-17-14-22-12-10-18(17)20(19)24(25)26/h2-8,10,12,14-15,21,23H,9,11,13H2,1H3/t15-/m1/s1. The van der Waals surface area contributed by atoms with E-state index >= 15 is 0 Å². The molecule has 0 amide bonds. The van der Waals surface area contributed by atoms with Crippen LogP contribution in [0, 0.1) is 10.1 Å². The fourth-order valence-corrected chi connectivity index (χ4v) is 4.53. The van der Waals surface area contributed by atoms with Crippen molar-refractivity contribution in [2.24, 2.45) is 0 Å². The van der Waals surface area contributed by atoms with Gasteiger partial charge in [-0.1, -0.05) is 36.4 Å². The molecule has 0 aliphatic rings. The SMILES string of the molecule is C[C@H](CNCCc1ccccc1)NS(=O)(=O)c1ccc2cnccc2c1[N+](=O)[O-]. The summed E-state index contributed by atoms with van der Waals surface area (Å²) >= 11 is 0. The van der Waals surface area contributed by atoms with E-state index in [1.165, 1.54) is 36.2 Å². The molecular weight excluding hydrogens is 392 g/mol. The number of rotatable bonds is 9. The molecule has 8 nitrogen and oxygen atoms in total. The minimum atomic E-state index is -4.07. The van der Waals surface area contributed by atoms with Crippen molar-refractivity contribution in [3.63, 3.8) is 0 Å². The van der Waals surface area contributed by atoms with E-state index in [1.54, 1.807) is 6.92 Å². The van der Waals surface area contributed by atoms with Gasteiger partial charge in [0.25, 0.3) is 5.69 Å². The van der Waals surface area contributed by atoms with Crippen LogP contribution in [0.4, 0.5) is 5.69 Å². The van der Waals surface area contributed by atoms with E-state index in [9.17, 15) is 18.5 Å². The minimum Gasteiger partial charge on any atom is -0.315 e. The summed E-state index contributed by atoms with van der Waals surface area (Å²) in [5.41, 5.74) is 0.746. The molecule has 2 N–H and O–H groups in total. The van der Waals surface area contributed by atoms with Crippen LogP contribution < -0.4 is 10.0 Å². The first-order valence-electron chi connectivity index (χ1n) is 9.16. The number of nitrogens with zero attached hydrogens (tertiary/aromatic N) is 2. The zero-order valence-corrected chi connectivity index (χ0v) is 16.7. The third-order valence-electron chi connectivity index (χ3n) is 4.47. The Kier molecular flexibility index (Phi) is 6.53. The highest BCUT2D eigenvalue weighted by Gasteiger charge is 2.29. The summed E-state index contributed by atoms with van der Waals surface area (Å²) in [4.78, 5) is 14.5. The molecule has 1 heterocycles. The number of nitro benzene ring substituents is 1. The lowest BCUT2D eigenvalue weighted by atomic mass is 10.1. The molecule has 0 spiro atoms. The molecule has 29 heavy (non-hydrogen) atoms. The Labute approximate surface area is 169 Å². The van der Waals surface area contributed by atoms with Gasteiger partial charge in [-0.2, -0.15) is 0 Å². The van der Waals surface area contributed by atoms with Gasteiger partial charge >= 0.3 is 0 Å². The maximum Gasteiger partial charge on any atom is 0.297 e. The number of fused-ring (bicyclic) bond motifs is 1. The highest BCUT2D eigenvalue weighted by atomic mass is 32.2. The van der Waals surface area contributed by atoms with Crippen LogP contribution in [-0.4, -0.2) is 37.5 Å². The topological polar surface area (TPSA) is 114 Å². The number of sulfonamides is 1. The van der Waals surface area contributed by atoms with Gasteiger partial charge in [0, 0.05) is 30.4 Å². The van der Waals surface area contributed by atoms with Crippen LogP contribution in [0.1, 0.15) is 12.5 Å². The highest BCUT2D eigenvalue weighted by Crippen LogP contribution is 2.32. The van der Waals surface area contributed by atoms with Crippen LogP contribution >= 0.6 is 0 Å². The average Bonchev–Trinajstić information content (AvgIpc) is 2.70. The molecule has 0 aliphatic carbocycles. The van der Waals surface area contributed by atoms with Crippen LogP contribution in [-0.2, 0) is 16.4 Å². The lowest BCUT2D eigenvalue weighted by Gasteiger charge is -2.15. The fourth-order valence-electron chi connectivity index (χ4n) is 3.10. The number of nitrogens with one attached hydrogen (secondary N) is 2. The summed E-state index contributed by atoms with van der Waals surface area (Å²) in [7, 11) is -4.07. The smallest absolute Gasteiger partial charge is 0.297 e. The van der Waals surface area contributed by atoms with Gasteiger partial charge in [-0.05, 0) is 37.6 Å². The van der Waals surface area contributed by atoms with Crippen molar-refractivity contribution in [1.82, 2.24) is 15.0 Å². The molecule has 0 fully saturated rings. The Hall–Kier alpha value is -2.88. The molecule has 0 saturated carbocycles. The molecule has 0 bridgehead atoms. The van der Waals surface area contributed by atoms with Crippen molar-refractivity contribution in [1.29, 1.82) is 0 Å². The lowest BCUT2D eigenvalue weighted by molar-refractivity contribution is -0.386. The molecule has 1 atom stereocenters. The van der Waals surface area contributed by atoms with E-state index in [4.69, 9.17) is 0 Å². The van der Waals surface area contributed by atoms with Gasteiger partial charge in [0.05, 0.1) is 10.3 Å². The predicted octanol–water partition coefficient (Wildman–Crippen LogP) is 2.64. The summed E-state index contributed by atoms with van der Waals surface area (Å²) in [6, 6.07) is 13.7. The quantitative estimate of drug-likeness (QED) is 0.316. The van der Waals surface area contributed by atoms with Crippen molar-refractivity contribution in [3.05, 3.63) is 76.6 Å². The lowest BCUT2D eigenvalue weighted by Crippen LogP contribution is -2.40. The van der Waals surface area contributed by atoms with Gasteiger partial charge in [0.1, 0.15) is 0 Å². The highest BCUT2D eigenvalue weighted by molar-refractivity contribution is 7.89. The van der Waals surface area contributed by atoms with Gasteiger partial charge in [0.15, 0.2) is 4.90 Å². The van der Waals surface area contributed by atoms with E-state index in [-0.39, 0.29) is 10.3 Å². The number of nitro groups is 1. The summed E-state index contributed by atoms with van der Waals surface area (Å²) in [6.45, 7) is 2.81. The maximum absolute atomic E-state index is 12.8. The van der Waals surface area contributed by atoms with Gasteiger partial charge in [0.2, 0.25) is 10.0 Å². The maximum atomic E-state index is 12.8. The molecule has 0 saturated heterocycles. The Morgan fingerprint density at radius 3 is 2.62 bits per heavy atom. The van der Waals surface area contributed by atoms with Crippen molar-refractivity contribution >= 4 is 26.5 Å². The third-order valence-corrected chi connectivity index (χ3v) is 6.09. The monoisotopic (exact) mass is 414 g/mol. The second kappa shape index (κ2) is 9.08. The molecule has 3 rings (SSSR count). The number of hydrogen-bond donors (Lipinski definition) is 2. The predicted molar refractivity (Wildman–Crippen MR) is 111 cm³/mol. The molecule has 0 unspecified atom stereocenters. The first-order valence-corrected chi connectivity index (χ1v) is 10.6. The molecule has 0 radical (unpaired) electrons. The Bertz CT molecular complexity index is 1100. The summed E-state index contributed by atoms with van der Waals surface area (Å²) < 4.78 is 28.1. The summed E-state index contributed by atoms with van der Waals surface area (Å²) in [6.07, 6.45) is 3.69. The molecule has 0 aliphatic heterocycles. The van der Waals surface area contributed by atoms with Crippen LogP contribution in [0.2, 0.25) is 0 Å². The first kappa shape index (κ1) is 20.8. The van der Waals surface area contributed by atoms with E-state index < -0.39 is 26.7 Å². The average molecular weight is 414 g/mol. The second-order valence-electron chi connectivity index (χ2n) is 6.73. The van der Waals surface area contributed by atoms with Crippen LogP contribution in [0.25, 0.3) is 10.8 Å². The zero-order chi connectivity index (χ0) is 20.9. The van der Waals surface area contributed by atoms with Crippen molar-refractivity contribution < 1.29 is 13.3 Å². The summed E-state index contributed by atoms with van der Waals surface area (Å²) in [5.74, 6) is 0. The van der Waals surface area contributed by atoms with Gasteiger partial charge in [-0.15, -0.1) is 0 Å². The van der Waals surface area contributed by atoms with Crippen LogP contribution in [0.5, 0.6) is 0 Å². The van der Waals surface area contributed by atoms with Gasteiger partial charge < -0.3 is 5.32 Å². The molecule has 9 heteroatoms. The van der Waals surface area contributed by atoms with Crippen LogP contribution in [0.3, 0.4) is 0 Å². The summed E-state index contributed by atoms with van der Waals surface area (Å²) in [5, 5.41) is 15.5. The van der Waals surface area contributed by atoms with Crippen molar-refractivity contribution in [2.45, 2.75) is 24.3 Å². The number of hydrogen-bond acceptors (Lipinski definition) is 6. The fraction of sp³-hybridized carbons (Fsp3) is 0.250. The first-order chi connectivity index (χ1) is 13.9. The van der Waals surface area contributed by atoms with Crippen LogP contribution in [0.15, 0.2) is 65.8 Å². The van der Waals surface area contributed by atoms with E-state index in [0.29, 0.717) is 18.5 Å². The minimum absolute atomic E-state index is 0.238. The van der Waals surface area contributed by atoms with E-state index in [2.05, 4.69) is 15.0 Å². The normalized spacial score (nSPS) is 12.7. The Morgan fingerprint density at radius 1 is 1.14 bits per heavy atom. The van der Waals surface area contributed by atoms with Gasteiger partial charge in [-0.25, -0.2) is 13.1 Å². The number of benzene rings is 2. The zero-order valence-electron chi connectivity index (χ0n) is 15.9. The molecule has 152 valence electrons.